The second kappa shape index (κ2) is 9.86. The molecule has 0 bridgehead atoms. The largest absolute Gasteiger partial charge is 0.490 e. The van der Waals surface area contributed by atoms with Gasteiger partial charge in [0.25, 0.3) is 5.91 Å². The van der Waals surface area contributed by atoms with Crippen LogP contribution in [-0.4, -0.2) is 24.3 Å². The molecule has 2 aromatic rings. The SMILES string of the molecule is CCOc1cc(/C=C2/SC(=Nc3cccc(Cl)c3C)NC2=O)cc(I)c1OCC. The average Bonchev–Trinajstić information content (AvgIpc) is 3.01. The number of nitrogens with one attached hydrogen (secondary N) is 1. The molecule has 29 heavy (non-hydrogen) atoms. The van der Waals surface area contributed by atoms with Gasteiger partial charge >= 0.3 is 0 Å². The van der Waals surface area contributed by atoms with Crippen molar-refractivity contribution in [3.8, 4) is 11.5 Å². The van der Waals surface area contributed by atoms with Crippen molar-refractivity contribution in [1.29, 1.82) is 0 Å². The fourth-order valence-corrected chi connectivity index (χ4v) is 4.46. The van der Waals surface area contributed by atoms with Crippen LogP contribution in [0.3, 0.4) is 0 Å². The van der Waals surface area contributed by atoms with E-state index in [4.69, 9.17) is 21.1 Å². The van der Waals surface area contributed by atoms with E-state index >= 15 is 0 Å². The quantitative estimate of drug-likeness (QED) is 0.362. The molecule has 3 rings (SSSR count). The van der Waals surface area contributed by atoms with Crippen molar-refractivity contribution in [2.24, 2.45) is 4.99 Å². The molecular weight excluding hydrogens is 523 g/mol. The maximum Gasteiger partial charge on any atom is 0.264 e. The number of benzene rings is 2. The predicted molar refractivity (Wildman–Crippen MR) is 128 cm³/mol. The summed E-state index contributed by atoms with van der Waals surface area (Å²) in [5, 5.41) is 3.98. The van der Waals surface area contributed by atoms with E-state index in [0.717, 1.165) is 26.1 Å². The standard InChI is InChI=1S/C21H20ClIN2O3S/c1-4-27-17-10-13(9-15(23)19(17)28-5-2)11-18-20(26)25-21(29-18)24-16-8-6-7-14(22)12(16)3/h6-11H,4-5H2,1-3H3,(H,24,25,26)/b18-11+. The zero-order valence-electron chi connectivity index (χ0n) is 16.2. The number of halogens is 2. The van der Waals surface area contributed by atoms with Crippen LogP contribution in [0.25, 0.3) is 6.08 Å². The van der Waals surface area contributed by atoms with Crippen LogP contribution in [-0.2, 0) is 4.79 Å². The molecule has 1 fully saturated rings. The summed E-state index contributed by atoms with van der Waals surface area (Å²) in [5.74, 6) is 1.20. The molecule has 1 heterocycles. The fourth-order valence-electron chi connectivity index (χ4n) is 2.68. The number of amides is 1. The van der Waals surface area contributed by atoms with E-state index < -0.39 is 0 Å². The molecule has 0 aliphatic carbocycles. The van der Waals surface area contributed by atoms with Gasteiger partial charge in [0.05, 0.1) is 27.4 Å². The zero-order chi connectivity index (χ0) is 21.0. The van der Waals surface area contributed by atoms with E-state index in [2.05, 4.69) is 32.9 Å². The van der Waals surface area contributed by atoms with E-state index in [0.29, 0.717) is 34.1 Å². The third kappa shape index (κ3) is 5.26. The maximum atomic E-state index is 12.4. The molecule has 0 spiro atoms. The van der Waals surface area contributed by atoms with Crippen molar-refractivity contribution in [2.75, 3.05) is 13.2 Å². The van der Waals surface area contributed by atoms with E-state index in [1.54, 1.807) is 0 Å². The number of amidine groups is 1. The number of rotatable bonds is 6. The summed E-state index contributed by atoms with van der Waals surface area (Å²) >= 11 is 9.67. The molecular formula is C21H20ClIN2O3S. The minimum absolute atomic E-state index is 0.185. The van der Waals surface area contributed by atoms with Crippen LogP contribution in [0, 0.1) is 10.5 Å². The molecule has 1 amide bonds. The number of carbonyl (C=O) groups is 1. The normalized spacial score (nSPS) is 16.4. The highest BCUT2D eigenvalue weighted by Crippen LogP contribution is 2.36. The smallest absolute Gasteiger partial charge is 0.264 e. The van der Waals surface area contributed by atoms with Gasteiger partial charge in [0.15, 0.2) is 16.7 Å². The first-order valence-electron chi connectivity index (χ1n) is 9.06. The van der Waals surface area contributed by atoms with Crippen molar-refractivity contribution < 1.29 is 14.3 Å². The molecule has 0 atom stereocenters. The highest BCUT2D eigenvalue weighted by molar-refractivity contribution is 14.1. The maximum absolute atomic E-state index is 12.4. The summed E-state index contributed by atoms with van der Waals surface area (Å²) in [6.45, 7) is 6.84. The topological polar surface area (TPSA) is 59.9 Å². The Balaban J connectivity index is 1.90. The lowest BCUT2D eigenvalue weighted by molar-refractivity contribution is -0.115. The van der Waals surface area contributed by atoms with E-state index in [1.165, 1.54) is 11.8 Å². The van der Waals surface area contributed by atoms with Crippen LogP contribution in [0.2, 0.25) is 5.02 Å². The molecule has 1 aliphatic rings. The molecule has 0 unspecified atom stereocenters. The third-order valence-corrected chi connectivity index (χ3v) is 6.15. The lowest BCUT2D eigenvalue weighted by Crippen LogP contribution is -2.19. The number of carbonyl (C=O) groups excluding carboxylic acids is 1. The van der Waals surface area contributed by atoms with Crippen LogP contribution in [0.1, 0.15) is 25.0 Å². The van der Waals surface area contributed by atoms with E-state index in [9.17, 15) is 4.79 Å². The van der Waals surface area contributed by atoms with Gasteiger partial charge in [-0.1, -0.05) is 17.7 Å². The number of aliphatic imine (C=N–C) groups is 1. The highest BCUT2D eigenvalue weighted by atomic mass is 127. The number of hydrogen-bond acceptors (Lipinski definition) is 5. The molecule has 0 saturated carbocycles. The minimum Gasteiger partial charge on any atom is -0.490 e. The summed E-state index contributed by atoms with van der Waals surface area (Å²) in [6, 6.07) is 9.37. The van der Waals surface area contributed by atoms with Crippen LogP contribution < -0.4 is 14.8 Å². The Bertz CT molecular complexity index is 1010. The van der Waals surface area contributed by atoms with Crippen molar-refractivity contribution >= 4 is 68.8 Å². The van der Waals surface area contributed by atoms with Gasteiger partial charge < -0.3 is 14.8 Å². The monoisotopic (exact) mass is 542 g/mol. The zero-order valence-corrected chi connectivity index (χ0v) is 19.9. The van der Waals surface area contributed by atoms with Crippen LogP contribution in [0.15, 0.2) is 40.2 Å². The molecule has 152 valence electrons. The molecule has 1 saturated heterocycles. The van der Waals surface area contributed by atoms with Gasteiger partial charge in [0, 0.05) is 5.02 Å². The summed E-state index contributed by atoms with van der Waals surface area (Å²) in [5.41, 5.74) is 2.46. The first-order valence-corrected chi connectivity index (χ1v) is 11.3. The second-order valence-corrected chi connectivity index (χ2v) is 8.66. The van der Waals surface area contributed by atoms with Crippen LogP contribution >= 0.6 is 46.0 Å². The summed E-state index contributed by atoms with van der Waals surface area (Å²) < 4.78 is 12.4. The lowest BCUT2D eigenvalue weighted by atomic mass is 10.2. The van der Waals surface area contributed by atoms with Gasteiger partial charge in [0.1, 0.15) is 0 Å². The third-order valence-electron chi connectivity index (χ3n) is 4.03. The Morgan fingerprint density at radius 2 is 2.00 bits per heavy atom. The van der Waals surface area contributed by atoms with Crippen LogP contribution in [0.5, 0.6) is 11.5 Å². The van der Waals surface area contributed by atoms with Crippen molar-refractivity contribution in [2.45, 2.75) is 20.8 Å². The number of ether oxygens (including phenoxy) is 2. The molecule has 5 nitrogen and oxygen atoms in total. The molecule has 0 radical (unpaired) electrons. The Labute approximate surface area is 193 Å². The highest BCUT2D eigenvalue weighted by Gasteiger charge is 2.24. The van der Waals surface area contributed by atoms with Crippen molar-refractivity contribution in [3.05, 3.63) is 55.0 Å². The van der Waals surface area contributed by atoms with Gasteiger partial charge in [-0.3, -0.25) is 4.79 Å². The Kier molecular flexibility index (Phi) is 7.48. The minimum atomic E-state index is -0.185. The summed E-state index contributed by atoms with van der Waals surface area (Å²) in [4.78, 5) is 17.5. The first kappa shape index (κ1) is 22.0. The van der Waals surface area contributed by atoms with Crippen LogP contribution in [0.4, 0.5) is 5.69 Å². The van der Waals surface area contributed by atoms with Crippen molar-refractivity contribution in [3.63, 3.8) is 0 Å². The Hall–Kier alpha value is -1.71. The molecule has 1 N–H and O–H groups in total. The average molecular weight is 543 g/mol. The van der Waals surface area contributed by atoms with Gasteiger partial charge in [-0.05, 0) is 96.6 Å². The van der Waals surface area contributed by atoms with Crippen molar-refractivity contribution in [1.82, 2.24) is 5.32 Å². The van der Waals surface area contributed by atoms with Gasteiger partial charge in [0.2, 0.25) is 0 Å². The molecule has 8 heteroatoms. The number of thioether (sulfide) groups is 1. The van der Waals surface area contributed by atoms with E-state index in [1.807, 2.05) is 57.2 Å². The van der Waals surface area contributed by atoms with Gasteiger partial charge in [-0.15, -0.1) is 0 Å². The molecule has 1 aliphatic heterocycles. The Morgan fingerprint density at radius 3 is 2.72 bits per heavy atom. The Morgan fingerprint density at radius 1 is 1.24 bits per heavy atom. The number of nitrogens with zero attached hydrogens (tertiary/aromatic N) is 1. The lowest BCUT2D eigenvalue weighted by Gasteiger charge is -2.13. The van der Waals surface area contributed by atoms with E-state index in [-0.39, 0.29) is 5.91 Å². The molecule has 0 aromatic heterocycles. The summed E-state index contributed by atoms with van der Waals surface area (Å²) in [6.07, 6.45) is 1.83. The van der Waals surface area contributed by atoms with Gasteiger partial charge in [-0.25, -0.2) is 4.99 Å². The summed E-state index contributed by atoms with van der Waals surface area (Å²) in [7, 11) is 0. The number of hydrogen-bond donors (Lipinski definition) is 1. The van der Waals surface area contributed by atoms with Gasteiger partial charge in [-0.2, -0.15) is 0 Å². The second-order valence-electron chi connectivity index (χ2n) is 6.06. The fraction of sp³-hybridized carbons (Fsp3) is 0.238. The first-order chi connectivity index (χ1) is 13.9. The molecule has 2 aromatic carbocycles. The predicted octanol–water partition coefficient (Wildman–Crippen LogP) is 5.94.